The molecular weight excluding hydrogens is 278 g/mol. The molecule has 1 amide bonds. The first-order chi connectivity index (χ1) is 9.38. The highest BCUT2D eigenvalue weighted by Crippen LogP contribution is 2.34. The zero-order valence-electron chi connectivity index (χ0n) is 10.4. The van der Waals surface area contributed by atoms with Gasteiger partial charge in [-0.2, -0.15) is 13.2 Å². The van der Waals surface area contributed by atoms with Crippen LogP contribution in [-0.2, 0) is 11.3 Å². The fourth-order valence-corrected chi connectivity index (χ4v) is 2.10. The van der Waals surface area contributed by atoms with Gasteiger partial charge in [0.25, 0.3) is 0 Å². The third-order valence-electron chi connectivity index (χ3n) is 3.07. The van der Waals surface area contributed by atoms with Crippen molar-refractivity contribution in [3.05, 3.63) is 35.9 Å². The second-order valence-corrected chi connectivity index (χ2v) is 4.58. The smallest absolute Gasteiger partial charge is 0.410 e. The van der Waals surface area contributed by atoms with Gasteiger partial charge < -0.3 is 4.74 Å². The van der Waals surface area contributed by atoms with E-state index in [1.54, 1.807) is 30.3 Å². The van der Waals surface area contributed by atoms with Crippen molar-refractivity contribution in [2.24, 2.45) is 0 Å². The van der Waals surface area contributed by atoms with Gasteiger partial charge in [-0.05, 0) is 5.56 Å². The minimum absolute atomic E-state index is 0.141. The molecule has 0 bridgehead atoms. The largest absolute Gasteiger partial charge is 0.445 e. The lowest BCUT2D eigenvalue weighted by Crippen LogP contribution is -2.44. The lowest BCUT2D eigenvalue weighted by molar-refractivity contribution is -0.172. The van der Waals surface area contributed by atoms with E-state index in [1.165, 1.54) is 0 Å². The molecule has 1 heterocycles. The molecule has 0 N–H and O–H groups in total. The Hall–Kier alpha value is -1.79. The minimum atomic E-state index is -4.65. The van der Waals surface area contributed by atoms with E-state index >= 15 is 0 Å². The fraction of sp³-hybridized carbons (Fsp3) is 0.462. The van der Waals surface area contributed by atoms with Gasteiger partial charge in [0.05, 0.1) is 6.54 Å². The summed E-state index contributed by atoms with van der Waals surface area (Å²) in [6, 6.07) is 6.44. The van der Waals surface area contributed by atoms with Crippen LogP contribution in [0.5, 0.6) is 0 Å². The maximum atomic E-state index is 13.1. The number of benzene rings is 1. The van der Waals surface area contributed by atoms with Gasteiger partial charge in [-0.1, -0.05) is 30.3 Å². The molecule has 0 unspecified atom stereocenters. The lowest BCUT2D eigenvalue weighted by Gasteiger charge is -2.25. The van der Waals surface area contributed by atoms with Crippen LogP contribution in [0, 0.1) is 0 Å². The van der Waals surface area contributed by atoms with Crippen molar-refractivity contribution in [3.8, 4) is 0 Å². The third-order valence-corrected chi connectivity index (χ3v) is 3.07. The lowest BCUT2D eigenvalue weighted by atomic mass is 10.2. The Bertz CT molecular complexity index is 463. The second-order valence-electron chi connectivity index (χ2n) is 4.58. The third kappa shape index (κ3) is 3.40. The maximum Gasteiger partial charge on any atom is 0.410 e. The Morgan fingerprint density at radius 2 is 1.95 bits per heavy atom. The first-order valence-corrected chi connectivity index (χ1v) is 6.06. The number of nitrogens with zero attached hydrogens (tertiary/aromatic N) is 1. The van der Waals surface area contributed by atoms with Crippen LogP contribution in [0.15, 0.2) is 30.3 Å². The Balaban J connectivity index is 1.97. The average Bonchev–Trinajstić information content (AvgIpc) is 2.79. The molecule has 1 aromatic carbocycles. The summed E-state index contributed by atoms with van der Waals surface area (Å²) in [5.74, 6) is 0. The first-order valence-electron chi connectivity index (χ1n) is 6.06. The van der Waals surface area contributed by atoms with Gasteiger partial charge in [0.15, 0.2) is 0 Å². The molecule has 0 aromatic heterocycles. The van der Waals surface area contributed by atoms with Crippen LogP contribution >= 0.6 is 0 Å². The fourth-order valence-electron chi connectivity index (χ4n) is 2.10. The van der Waals surface area contributed by atoms with E-state index in [-0.39, 0.29) is 6.61 Å². The molecule has 0 saturated carbocycles. The summed E-state index contributed by atoms with van der Waals surface area (Å²) in [7, 11) is 0. The van der Waals surface area contributed by atoms with Crippen LogP contribution in [0.4, 0.5) is 22.4 Å². The zero-order valence-corrected chi connectivity index (χ0v) is 10.4. The van der Waals surface area contributed by atoms with Gasteiger partial charge in [0.2, 0.25) is 0 Å². The molecule has 1 fully saturated rings. The molecule has 0 spiro atoms. The zero-order chi connectivity index (χ0) is 14.8. The van der Waals surface area contributed by atoms with Crippen LogP contribution in [0.3, 0.4) is 0 Å². The number of rotatable bonds is 2. The summed E-state index contributed by atoms with van der Waals surface area (Å²) in [6.07, 6.45) is -8.20. The molecule has 20 heavy (non-hydrogen) atoms. The Morgan fingerprint density at radius 1 is 1.30 bits per heavy atom. The van der Waals surface area contributed by atoms with E-state index in [0.29, 0.717) is 10.5 Å². The van der Waals surface area contributed by atoms with Crippen molar-refractivity contribution in [2.75, 3.05) is 6.54 Å². The summed E-state index contributed by atoms with van der Waals surface area (Å²) < 4.78 is 56.0. The molecule has 0 radical (unpaired) electrons. The highest BCUT2D eigenvalue weighted by molar-refractivity contribution is 5.68. The van der Waals surface area contributed by atoms with Crippen LogP contribution < -0.4 is 0 Å². The summed E-state index contributed by atoms with van der Waals surface area (Å²) in [5, 5.41) is 0. The van der Waals surface area contributed by atoms with E-state index in [1.807, 2.05) is 0 Å². The number of likely N-dealkylation sites (tertiary alicyclic amines) is 1. The number of carbonyl (C=O) groups is 1. The van der Waals surface area contributed by atoms with E-state index in [9.17, 15) is 22.4 Å². The van der Waals surface area contributed by atoms with Gasteiger partial charge in [-0.3, -0.25) is 4.90 Å². The molecule has 7 heteroatoms. The number of ether oxygens (including phenoxy) is 1. The van der Waals surface area contributed by atoms with Gasteiger partial charge >= 0.3 is 12.3 Å². The summed E-state index contributed by atoms with van der Waals surface area (Å²) >= 11 is 0. The average molecular weight is 291 g/mol. The predicted octanol–water partition coefficient (Wildman–Crippen LogP) is 3.30. The van der Waals surface area contributed by atoms with Crippen LogP contribution in [0.25, 0.3) is 0 Å². The number of hydrogen-bond acceptors (Lipinski definition) is 2. The van der Waals surface area contributed by atoms with Crippen LogP contribution in [0.2, 0.25) is 0 Å². The van der Waals surface area contributed by atoms with E-state index in [4.69, 9.17) is 4.74 Å². The van der Waals surface area contributed by atoms with Crippen molar-refractivity contribution in [1.82, 2.24) is 4.90 Å². The molecule has 1 aliphatic heterocycles. The van der Waals surface area contributed by atoms with Crippen molar-refractivity contribution < 1.29 is 27.1 Å². The molecule has 1 aromatic rings. The second kappa shape index (κ2) is 5.68. The van der Waals surface area contributed by atoms with Crippen molar-refractivity contribution in [2.45, 2.75) is 31.4 Å². The Morgan fingerprint density at radius 3 is 2.55 bits per heavy atom. The van der Waals surface area contributed by atoms with Crippen LogP contribution in [-0.4, -0.2) is 35.9 Å². The topological polar surface area (TPSA) is 29.5 Å². The standard InChI is InChI=1S/C13H13F4NO2/c14-10-6-11(13(15,16)17)18(7-10)12(19)20-8-9-4-2-1-3-5-9/h1-5,10-11H,6-8H2/t10-,11+/m0/s1. The summed E-state index contributed by atoms with van der Waals surface area (Å²) in [6.45, 7) is -0.727. The van der Waals surface area contributed by atoms with Crippen molar-refractivity contribution in [3.63, 3.8) is 0 Å². The molecule has 2 atom stereocenters. The Labute approximate surface area is 113 Å². The molecule has 0 aliphatic carbocycles. The summed E-state index contributed by atoms with van der Waals surface area (Å²) in [4.78, 5) is 12.1. The Kier molecular flexibility index (Phi) is 4.15. The molecule has 3 nitrogen and oxygen atoms in total. The van der Waals surface area contributed by atoms with Gasteiger partial charge in [-0.25, -0.2) is 9.18 Å². The monoisotopic (exact) mass is 291 g/mol. The molecule has 110 valence electrons. The highest BCUT2D eigenvalue weighted by atomic mass is 19.4. The van der Waals surface area contributed by atoms with Crippen molar-refractivity contribution >= 4 is 6.09 Å². The number of amides is 1. The molecule has 1 aliphatic rings. The predicted molar refractivity (Wildman–Crippen MR) is 62.7 cm³/mol. The van der Waals surface area contributed by atoms with E-state index in [0.717, 1.165) is 0 Å². The minimum Gasteiger partial charge on any atom is -0.445 e. The van der Waals surface area contributed by atoms with Gasteiger partial charge in [-0.15, -0.1) is 0 Å². The number of alkyl halides is 4. The number of carbonyl (C=O) groups excluding carboxylic acids is 1. The molecule has 1 saturated heterocycles. The number of hydrogen-bond donors (Lipinski definition) is 0. The summed E-state index contributed by atoms with van der Waals surface area (Å²) in [5.41, 5.74) is 0.653. The quantitative estimate of drug-likeness (QED) is 0.782. The van der Waals surface area contributed by atoms with Crippen LogP contribution in [0.1, 0.15) is 12.0 Å². The molecular formula is C13H13F4NO2. The highest BCUT2D eigenvalue weighted by Gasteiger charge is 2.51. The van der Waals surface area contributed by atoms with E-state index in [2.05, 4.69) is 0 Å². The number of halogens is 4. The molecule has 2 rings (SSSR count). The first kappa shape index (κ1) is 14.6. The maximum absolute atomic E-state index is 13.1. The van der Waals surface area contributed by atoms with E-state index < -0.39 is 37.4 Å². The normalized spacial score (nSPS) is 22.9. The van der Waals surface area contributed by atoms with Gasteiger partial charge in [0, 0.05) is 6.42 Å². The SMILES string of the molecule is O=C(OCc1ccccc1)N1C[C@@H](F)C[C@@H]1C(F)(F)F. The van der Waals surface area contributed by atoms with Gasteiger partial charge in [0.1, 0.15) is 18.8 Å². The van der Waals surface area contributed by atoms with Crippen molar-refractivity contribution in [1.29, 1.82) is 0 Å².